The Labute approximate surface area is 82.2 Å². The van der Waals surface area contributed by atoms with Crippen LogP contribution in [0.4, 0.5) is 0 Å². The van der Waals surface area contributed by atoms with E-state index in [1.165, 1.54) is 5.39 Å². The lowest BCUT2D eigenvalue weighted by atomic mass is 10.2. The van der Waals surface area contributed by atoms with Gasteiger partial charge < -0.3 is 4.57 Å². The Morgan fingerprint density at radius 2 is 2.23 bits per heavy atom. The maximum Gasteiger partial charge on any atom is 0.0672 e. The molecular formula is C11H10ClN. The number of rotatable bonds is 2. The minimum atomic E-state index is 0.796. The molecule has 66 valence electrons. The van der Waals surface area contributed by atoms with Gasteiger partial charge in [0.15, 0.2) is 0 Å². The summed E-state index contributed by atoms with van der Waals surface area (Å²) in [7, 11) is 0. The maximum absolute atomic E-state index is 6.08. The first-order chi connectivity index (χ1) is 6.33. The highest BCUT2D eigenvalue weighted by molar-refractivity contribution is 6.35. The van der Waals surface area contributed by atoms with E-state index in [2.05, 4.69) is 23.3 Å². The van der Waals surface area contributed by atoms with Crippen molar-refractivity contribution in [3.8, 4) is 0 Å². The summed E-state index contributed by atoms with van der Waals surface area (Å²) in [6, 6.07) is 7.98. The third-order valence-electron chi connectivity index (χ3n) is 2.07. The molecule has 2 heteroatoms. The Bertz CT molecular complexity index is 442. The van der Waals surface area contributed by atoms with Crippen molar-refractivity contribution in [3.05, 3.63) is 48.1 Å². The predicted octanol–water partition coefficient (Wildman–Crippen LogP) is 3.48. The van der Waals surface area contributed by atoms with Gasteiger partial charge in [-0.15, -0.1) is 6.58 Å². The lowest BCUT2D eigenvalue weighted by Gasteiger charge is -2.02. The van der Waals surface area contributed by atoms with Crippen LogP contribution in [0.1, 0.15) is 0 Å². The zero-order valence-electron chi connectivity index (χ0n) is 7.20. The number of halogens is 1. The largest absolute Gasteiger partial charge is 0.342 e. The lowest BCUT2D eigenvalue weighted by molar-refractivity contribution is 0.865. The topological polar surface area (TPSA) is 4.93 Å². The van der Waals surface area contributed by atoms with Crippen LogP contribution in [-0.4, -0.2) is 4.57 Å². The second kappa shape index (κ2) is 3.27. The molecule has 0 saturated carbocycles. The van der Waals surface area contributed by atoms with E-state index in [0.717, 1.165) is 17.1 Å². The summed E-state index contributed by atoms with van der Waals surface area (Å²) in [6.45, 7) is 4.51. The SMILES string of the molecule is C=CCn1ccc2cccc(Cl)c21. The van der Waals surface area contributed by atoms with Crippen LogP contribution in [0.25, 0.3) is 10.9 Å². The van der Waals surface area contributed by atoms with Gasteiger partial charge in [-0.2, -0.15) is 0 Å². The van der Waals surface area contributed by atoms with Gasteiger partial charge in [-0.05, 0) is 12.1 Å². The van der Waals surface area contributed by atoms with Gasteiger partial charge in [0, 0.05) is 18.1 Å². The first kappa shape index (κ1) is 8.39. The van der Waals surface area contributed by atoms with E-state index >= 15 is 0 Å². The Hall–Kier alpha value is -1.21. The van der Waals surface area contributed by atoms with Gasteiger partial charge in [-0.1, -0.05) is 29.8 Å². The highest BCUT2D eigenvalue weighted by atomic mass is 35.5. The molecule has 0 aliphatic heterocycles. The molecule has 0 spiro atoms. The summed E-state index contributed by atoms with van der Waals surface area (Å²) in [6.07, 6.45) is 3.89. The summed E-state index contributed by atoms with van der Waals surface area (Å²) in [4.78, 5) is 0. The summed E-state index contributed by atoms with van der Waals surface area (Å²) in [5.41, 5.74) is 1.09. The monoisotopic (exact) mass is 191 g/mol. The maximum atomic E-state index is 6.08. The highest BCUT2D eigenvalue weighted by Crippen LogP contribution is 2.24. The van der Waals surface area contributed by atoms with Gasteiger partial charge in [0.25, 0.3) is 0 Å². The van der Waals surface area contributed by atoms with E-state index in [-0.39, 0.29) is 0 Å². The minimum Gasteiger partial charge on any atom is -0.342 e. The second-order valence-corrected chi connectivity index (χ2v) is 3.34. The van der Waals surface area contributed by atoms with Crippen molar-refractivity contribution in [3.63, 3.8) is 0 Å². The number of fused-ring (bicyclic) bond motifs is 1. The summed E-state index contributed by atoms with van der Waals surface area (Å²) < 4.78 is 2.09. The molecule has 0 saturated heterocycles. The van der Waals surface area contributed by atoms with Crippen LogP contribution in [0, 0.1) is 0 Å². The molecule has 0 radical (unpaired) electrons. The molecule has 1 aromatic carbocycles. The third kappa shape index (κ3) is 1.36. The van der Waals surface area contributed by atoms with Crippen LogP contribution < -0.4 is 0 Å². The molecule has 0 unspecified atom stereocenters. The molecule has 0 atom stereocenters. The van der Waals surface area contributed by atoms with E-state index in [1.807, 2.05) is 24.4 Å². The molecule has 0 fully saturated rings. The molecule has 0 N–H and O–H groups in total. The number of allylic oxidation sites excluding steroid dienone is 1. The molecule has 2 rings (SSSR count). The molecule has 0 amide bonds. The molecular weight excluding hydrogens is 182 g/mol. The van der Waals surface area contributed by atoms with Crippen molar-refractivity contribution in [1.29, 1.82) is 0 Å². The van der Waals surface area contributed by atoms with Crippen LogP contribution in [0.15, 0.2) is 43.1 Å². The molecule has 0 aliphatic carbocycles. The van der Waals surface area contributed by atoms with Crippen molar-refractivity contribution < 1.29 is 0 Å². The quantitative estimate of drug-likeness (QED) is 0.641. The van der Waals surface area contributed by atoms with Gasteiger partial charge in [-0.25, -0.2) is 0 Å². The highest BCUT2D eigenvalue weighted by Gasteiger charge is 2.02. The summed E-state index contributed by atoms with van der Waals surface area (Å²) in [5.74, 6) is 0. The number of hydrogen-bond donors (Lipinski definition) is 0. The van der Waals surface area contributed by atoms with Crippen LogP contribution in [0.5, 0.6) is 0 Å². The van der Waals surface area contributed by atoms with E-state index in [4.69, 9.17) is 11.6 Å². The normalized spacial score (nSPS) is 10.5. The van der Waals surface area contributed by atoms with Crippen molar-refractivity contribution in [1.82, 2.24) is 4.57 Å². The number of benzene rings is 1. The molecule has 1 nitrogen and oxygen atoms in total. The average molecular weight is 192 g/mol. The van der Waals surface area contributed by atoms with Crippen LogP contribution >= 0.6 is 11.6 Å². The van der Waals surface area contributed by atoms with Crippen molar-refractivity contribution in [2.75, 3.05) is 0 Å². The third-order valence-corrected chi connectivity index (χ3v) is 2.37. The zero-order valence-corrected chi connectivity index (χ0v) is 7.96. The Morgan fingerprint density at radius 3 is 3.00 bits per heavy atom. The van der Waals surface area contributed by atoms with E-state index in [9.17, 15) is 0 Å². The predicted molar refractivity (Wildman–Crippen MR) is 57.1 cm³/mol. The van der Waals surface area contributed by atoms with E-state index in [1.54, 1.807) is 0 Å². The zero-order chi connectivity index (χ0) is 9.26. The van der Waals surface area contributed by atoms with Crippen LogP contribution in [-0.2, 0) is 6.54 Å². The Kier molecular flexibility index (Phi) is 2.11. The summed E-state index contributed by atoms with van der Waals surface area (Å²) in [5, 5.41) is 1.97. The van der Waals surface area contributed by atoms with Gasteiger partial charge in [0.1, 0.15) is 0 Å². The number of para-hydroxylation sites is 1. The lowest BCUT2D eigenvalue weighted by Crippen LogP contribution is -1.91. The molecule has 0 aliphatic rings. The fraction of sp³-hybridized carbons (Fsp3) is 0.0909. The van der Waals surface area contributed by atoms with Crippen molar-refractivity contribution in [2.24, 2.45) is 0 Å². The van der Waals surface area contributed by atoms with E-state index < -0.39 is 0 Å². The molecule has 0 bridgehead atoms. The minimum absolute atomic E-state index is 0.796. The van der Waals surface area contributed by atoms with Crippen LogP contribution in [0.3, 0.4) is 0 Å². The molecule has 1 aromatic heterocycles. The van der Waals surface area contributed by atoms with Crippen LogP contribution in [0.2, 0.25) is 5.02 Å². The second-order valence-electron chi connectivity index (χ2n) is 2.93. The van der Waals surface area contributed by atoms with Gasteiger partial charge in [0.2, 0.25) is 0 Å². The number of nitrogens with zero attached hydrogens (tertiary/aromatic N) is 1. The standard InChI is InChI=1S/C11H10ClN/c1-2-7-13-8-6-9-4-3-5-10(12)11(9)13/h2-6,8H,1,7H2. The van der Waals surface area contributed by atoms with Gasteiger partial charge >= 0.3 is 0 Å². The van der Waals surface area contributed by atoms with Gasteiger partial charge in [-0.3, -0.25) is 0 Å². The molecule has 1 heterocycles. The first-order valence-electron chi connectivity index (χ1n) is 4.17. The summed E-state index contributed by atoms with van der Waals surface area (Å²) >= 11 is 6.08. The first-order valence-corrected chi connectivity index (χ1v) is 4.55. The van der Waals surface area contributed by atoms with Gasteiger partial charge in [0.05, 0.1) is 10.5 Å². The molecule has 13 heavy (non-hydrogen) atoms. The fourth-order valence-electron chi connectivity index (χ4n) is 1.51. The Balaban J connectivity index is 2.70. The fourth-order valence-corrected chi connectivity index (χ4v) is 1.80. The van der Waals surface area contributed by atoms with E-state index in [0.29, 0.717) is 0 Å². The smallest absolute Gasteiger partial charge is 0.0672 e. The number of aromatic nitrogens is 1. The van der Waals surface area contributed by atoms with Crippen molar-refractivity contribution in [2.45, 2.75) is 6.54 Å². The number of hydrogen-bond acceptors (Lipinski definition) is 0. The molecule has 2 aromatic rings. The Morgan fingerprint density at radius 1 is 1.38 bits per heavy atom. The van der Waals surface area contributed by atoms with Crippen molar-refractivity contribution >= 4 is 22.5 Å². The average Bonchev–Trinajstić information content (AvgIpc) is 2.51.